The first-order valence-electron chi connectivity index (χ1n) is 7.87. The number of hydrogen-bond donors (Lipinski definition) is 1. The summed E-state index contributed by atoms with van der Waals surface area (Å²) in [5.41, 5.74) is 4.03. The Balaban J connectivity index is 1.77. The Labute approximate surface area is 157 Å². The van der Waals surface area contributed by atoms with Crippen molar-refractivity contribution in [2.45, 2.75) is 0 Å². The normalized spacial score (nSPS) is 10.8. The van der Waals surface area contributed by atoms with Crippen molar-refractivity contribution in [2.75, 3.05) is 5.01 Å². The van der Waals surface area contributed by atoms with E-state index in [4.69, 9.17) is 17.4 Å². The van der Waals surface area contributed by atoms with E-state index in [-0.39, 0.29) is 0 Å². The van der Waals surface area contributed by atoms with Gasteiger partial charge in [0.1, 0.15) is 0 Å². The third-order valence-corrected chi connectivity index (χ3v) is 4.06. The number of allylic oxidation sites excluding steroid dienone is 3. The van der Waals surface area contributed by atoms with E-state index in [1.165, 1.54) is 5.01 Å². The molecule has 6 heteroatoms. The van der Waals surface area contributed by atoms with Crippen LogP contribution in [0.3, 0.4) is 0 Å². The molecule has 2 heterocycles. The van der Waals surface area contributed by atoms with E-state index in [2.05, 4.69) is 23.2 Å². The number of nitrogens with zero attached hydrogens (tertiary/aromatic N) is 4. The van der Waals surface area contributed by atoms with E-state index >= 15 is 0 Å². The first kappa shape index (κ1) is 17.7. The highest BCUT2D eigenvalue weighted by Gasteiger charge is 2.10. The lowest BCUT2D eigenvalue weighted by atomic mass is 10.1. The second-order valence-corrected chi connectivity index (χ2v) is 5.97. The molecule has 0 fully saturated rings. The van der Waals surface area contributed by atoms with Crippen molar-refractivity contribution in [1.82, 2.24) is 14.8 Å². The Morgan fingerprint density at radius 2 is 1.73 bits per heavy atom. The van der Waals surface area contributed by atoms with Crippen LogP contribution in [0.15, 0.2) is 92.1 Å². The molecular weight excluding hydrogens is 346 g/mol. The van der Waals surface area contributed by atoms with Crippen LogP contribution in [0, 0.1) is 0 Å². The minimum absolute atomic E-state index is 0.674. The van der Waals surface area contributed by atoms with Gasteiger partial charge in [0, 0.05) is 23.6 Å². The van der Waals surface area contributed by atoms with Crippen molar-refractivity contribution < 1.29 is 0 Å². The van der Waals surface area contributed by atoms with Crippen LogP contribution in [-0.2, 0) is 0 Å². The summed E-state index contributed by atoms with van der Waals surface area (Å²) >= 11 is 5.96. The maximum absolute atomic E-state index is 6.02. The molecule has 0 saturated carbocycles. The van der Waals surface area contributed by atoms with Crippen molar-refractivity contribution in [2.24, 2.45) is 5.84 Å². The number of aromatic nitrogens is 3. The van der Waals surface area contributed by atoms with Crippen molar-refractivity contribution in [3.8, 4) is 5.69 Å². The first-order chi connectivity index (χ1) is 12.6. The summed E-state index contributed by atoms with van der Waals surface area (Å²) in [6.45, 7) is 8.23. The van der Waals surface area contributed by atoms with Gasteiger partial charge in [0.05, 0.1) is 23.3 Å². The van der Waals surface area contributed by atoms with Crippen LogP contribution in [0.2, 0.25) is 5.02 Å². The molecule has 0 atom stereocenters. The molecule has 0 aliphatic carbocycles. The maximum Gasteiger partial charge on any atom is 0.0740 e. The molecule has 0 radical (unpaired) electrons. The Morgan fingerprint density at radius 3 is 2.42 bits per heavy atom. The van der Waals surface area contributed by atoms with E-state index in [0.29, 0.717) is 5.02 Å². The smallest absolute Gasteiger partial charge is 0.0740 e. The average molecular weight is 364 g/mol. The van der Waals surface area contributed by atoms with Crippen LogP contribution in [0.25, 0.3) is 11.3 Å². The lowest BCUT2D eigenvalue weighted by molar-refractivity contribution is 0.867. The minimum Gasteiger partial charge on any atom is -0.287 e. The summed E-state index contributed by atoms with van der Waals surface area (Å²) in [6.07, 6.45) is 8.62. The fraction of sp³-hybridized carbons (Fsp3) is 0. The fourth-order valence-electron chi connectivity index (χ4n) is 2.36. The second-order valence-electron chi connectivity index (χ2n) is 5.54. The van der Waals surface area contributed by atoms with E-state index in [1.54, 1.807) is 29.5 Å². The number of hydrazine groups is 1. The molecule has 2 N–H and O–H groups in total. The molecule has 0 bridgehead atoms. The van der Waals surface area contributed by atoms with Crippen LogP contribution in [0.5, 0.6) is 0 Å². The van der Waals surface area contributed by atoms with Gasteiger partial charge in [-0.1, -0.05) is 24.8 Å². The monoisotopic (exact) mass is 363 g/mol. The van der Waals surface area contributed by atoms with Gasteiger partial charge in [0.15, 0.2) is 0 Å². The predicted octanol–water partition coefficient (Wildman–Crippen LogP) is 4.38. The van der Waals surface area contributed by atoms with Crippen molar-refractivity contribution in [1.29, 1.82) is 0 Å². The first-order valence-corrected chi connectivity index (χ1v) is 8.25. The molecule has 1 aromatic carbocycles. The lowest BCUT2D eigenvalue weighted by Gasteiger charge is -2.14. The quantitative estimate of drug-likeness (QED) is 0.401. The topological polar surface area (TPSA) is 60.0 Å². The summed E-state index contributed by atoms with van der Waals surface area (Å²) in [5, 5.41) is 6.54. The van der Waals surface area contributed by atoms with E-state index in [1.807, 2.05) is 48.5 Å². The third-order valence-electron chi connectivity index (χ3n) is 3.81. The van der Waals surface area contributed by atoms with Gasteiger partial charge >= 0.3 is 0 Å². The number of pyridine rings is 1. The summed E-state index contributed by atoms with van der Waals surface area (Å²) in [6, 6.07) is 13.0. The van der Waals surface area contributed by atoms with Gasteiger partial charge in [0.2, 0.25) is 0 Å². The zero-order valence-electron chi connectivity index (χ0n) is 14.1. The Bertz CT molecular complexity index is 942. The van der Waals surface area contributed by atoms with Gasteiger partial charge in [-0.2, -0.15) is 5.10 Å². The highest BCUT2D eigenvalue weighted by molar-refractivity contribution is 6.30. The molecule has 0 saturated heterocycles. The van der Waals surface area contributed by atoms with Crippen LogP contribution >= 0.6 is 11.6 Å². The van der Waals surface area contributed by atoms with Crippen LogP contribution in [-0.4, -0.2) is 14.8 Å². The minimum atomic E-state index is 0.674. The lowest BCUT2D eigenvalue weighted by Crippen LogP contribution is -2.23. The third kappa shape index (κ3) is 3.91. The molecule has 26 heavy (non-hydrogen) atoms. The molecule has 0 unspecified atom stereocenters. The van der Waals surface area contributed by atoms with E-state index < -0.39 is 0 Å². The van der Waals surface area contributed by atoms with Gasteiger partial charge in [-0.05, 0) is 59.7 Å². The number of halogens is 1. The van der Waals surface area contributed by atoms with Gasteiger partial charge in [-0.15, -0.1) is 0 Å². The molecular formula is C20H18ClN5. The summed E-state index contributed by atoms with van der Waals surface area (Å²) in [4.78, 5) is 3.97. The second kappa shape index (κ2) is 7.82. The standard InChI is InChI=1S/C20H18ClN5/c1-15(10-14-25(22)18-7-11-23-12-8-18)16(2)20-9-13-24-26(20)19-5-3-17(21)4-6-19/h3-14H,1-2,22H2/b14-10-. The summed E-state index contributed by atoms with van der Waals surface area (Å²) < 4.78 is 1.79. The highest BCUT2D eigenvalue weighted by Crippen LogP contribution is 2.24. The van der Waals surface area contributed by atoms with Crippen molar-refractivity contribution >= 4 is 22.9 Å². The predicted molar refractivity (Wildman–Crippen MR) is 107 cm³/mol. The van der Waals surface area contributed by atoms with E-state index in [9.17, 15) is 0 Å². The van der Waals surface area contributed by atoms with Gasteiger partial charge < -0.3 is 0 Å². The van der Waals surface area contributed by atoms with Gasteiger partial charge in [-0.25, -0.2) is 10.5 Å². The number of benzene rings is 1. The SMILES string of the molecule is C=C(/C=C\N(N)c1ccncc1)C(=C)c1ccnn1-c1ccc(Cl)cc1. The number of anilines is 1. The molecule has 130 valence electrons. The van der Waals surface area contributed by atoms with Crippen molar-refractivity contribution in [3.05, 3.63) is 103 Å². The average Bonchev–Trinajstić information content (AvgIpc) is 3.16. The van der Waals surface area contributed by atoms with Crippen molar-refractivity contribution in [3.63, 3.8) is 0 Å². The molecule has 0 aliphatic rings. The molecule has 3 rings (SSSR count). The van der Waals surface area contributed by atoms with E-state index in [0.717, 1.165) is 28.2 Å². The number of nitrogens with two attached hydrogens (primary N) is 1. The summed E-state index contributed by atoms with van der Waals surface area (Å²) in [5.74, 6) is 6.02. The van der Waals surface area contributed by atoms with Crippen LogP contribution < -0.4 is 10.9 Å². The largest absolute Gasteiger partial charge is 0.287 e. The highest BCUT2D eigenvalue weighted by atomic mass is 35.5. The molecule has 0 spiro atoms. The van der Waals surface area contributed by atoms with Gasteiger partial charge in [0.25, 0.3) is 0 Å². The molecule has 0 amide bonds. The van der Waals surface area contributed by atoms with Crippen LogP contribution in [0.4, 0.5) is 5.69 Å². The Hall–Kier alpha value is -3.15. The van der Waals surface area contributed by atoms with Gasteiger partial charge in [-0.3, -0.25) is 9.99 Å². The zero-order valence-corrected chi connectivity index (χ0v) is 14.8. The number of hydrogen-bond acceptors (Lipinski definition) is 4. The summed E-state index contributed by atoms with van der Waals surface area (Å²) in [7, 11) is 0. The molecule has 0 aliphatic heterocycles. The maximum atomic E-state index is 6.02. The number of rotatable bonds is 6. The Morgan fingerprint density at radius 1 is 1.04 bits per heavy atom. The molecule has 5 nitrogen and oxygen atoms in total. The fourth-order valence-corrected chi connectivity index (χ4v) is 2.48. The Kier molecular flexibility index (Phi) is 5.31. The zero-order chi connectivity index (χ0) is 18.5. The molecule has 2 aromatic heterocycles. The van der Waals surface area contributed by atoms with Crippen LogP contribution in [0.1, 0.15) is 5.69 Å². The molecule has 3 aromatic rings.